The zero-order valence-corrected chi connectivity index (χ0v) is 13.6. The number of ether oxygens (including phenoxy) is 1. The van der Waals surface area contributed by atoms with Crippen LogP contribution in [0.1, 0.15) is 5.69 Å². The molecule has 114 valence electrons. The van der Waals surface area contributed by atoms with Crippen molar-refractivity contribution in [1.82, 2.24) is 9.88 Å². The van der Waals surface area contributed by atoms with Gasteiger partial charge < -0.3 is 14.7 Å². The van der Waals surface area contributed by atoms with Crippen molar-refractivity contribution >= 4 is 28.6 Å². The minimum atomic E-state index is -0.666. The lowest BCUT2D eigenvalue weighted by atomic mass is 10.2. The molecule has 1 unspecified atom stereocenters. The van der Waals surface area contributed by atoms with E-state index < -0.39 is 6.10 Å². The fourth-order valence-electron chi connectivity index (χ4n) is 1.86. The predicted molar refractivity (Wildman–Crippen MR) is 84.7 cm³/mol. The summed E-state index contributed by atoms with van der Waals surface area (Å²) < 4.78 is 4.85. The summed E-state index contributed by atoms with van der Waals surface area (Å²) in [5.41, 5.74) is 1.85. The van der Waals surface area contributed by atoms with Gasteiger partial charge in [-0.25, -0.2) is 4.98 Å². The molecule has 1 atom stereocenters. The average molecular weight is 326 g/mol. The summed E-state index contributed by atoms with van der Waals surface area (Å²) in [6.45, 7) is 0.477. The van der Waals surface area contributed by atoms with E-state index in [-0.39, 0.29) is 25.5 Å². The molecule has 0 aromatic carbocycles. The monoisotopic (exact) mass is 326 g/mol. The number of amides is 1. The third-order valence-electron chi connectivity index (χ3n) is 2.92. The molecule has 0 aliphatic rings. The van der Waals surface area contributed by atoms with Crippen molar-refractivity contribution in [3.63, 3.8) is 0 Å². The molecule has 0 aliphatic heterocycles. The minimum absolute atomic E-state index is 0.0627. The molecule has 0 aliphatic carbocycles. The van der Waals surface area contributed by atoms with Gasteiger partial charge in [0, 0.05) is 37.0 Å². The number of carbonyl (C=O) groups excluding carboxylic acids is 1. The van der Waals surface area contributed by atoms with Crippen molar-refractivity contribution in [2.45, 2.75) is 12.5 Å². The van der Waals surface area contributed by atoms with Gasteiger partial charge >= 0.3 is 0 Å². The van der Waals surface area contributed by atoms with E-state index in [0.717, 1.165) is 16.3 Å². The lowest BCUT2D eigenvalue weighted by Crippen LogP contribution is -2.37. The Morgan fingerprint density at radius 2 is 2.33 bits per heavy atom. The summed E-state index contributed by atoms with van der Waals surface area (Å²) in [4.78, 5) is 18.1. The second-order valence-electron chi connectivity index (χ2n) is 4.72. The highest BCUT2D eigenvalue weighted by molar-refractivity contribution is 7.14. The van der Waals surface area contributed by atoms with Gasteiger partial charge in [0.2, 0.25) is 5.91 Å². The maximum Gasteiger partial charge on any atom is 0.228 e. The van der Waals surface area contributed by atoms with Gasteiger partial charge in [0.15, 0.2) is 0 Å². The number of carbonyl (C=O) groups is 1. The Labute approximate surface area is 131 Å². The smallest absolute Gasteiger partial charge is 0.228 e. The lowest BCUT2D eigenvalue weighted by Gasteiger charge is -2.20. The predicted octanol–water partition coefficient (Wildman–Crippen LogP) is 1.88. The number of hydrogen-bond acceptors (Lipinski definition) is 6. The van der Waals surface area contributed by atoms with E-state index in [9.17, 15) is 9.90 Å². The maximum atomic E-state index is 12.1. The molecule has 2 heterocycles. The van der Waals surface area contributed by atoms with Crippen LogP contribution in [0.4, 0.5) is 0 Å². The molecule has 5 nitrogen and oxygen atoms in total. The number of methoxy groups -OCH3 is 1. The standard InChI is InChI=1S/C14H18N2O3S2/c1-16(6-12(17)7-19-2)13(18)5-11-9-21-14(15-11)10-3-4-20-8-10/h3-4,8-9,12,17H,5-7H2,1-2H3. The molecule has 0 fully saturated rings. The average Bonchev–Trinajstić information content (AvgIpc) is 3.08. The van der Waals surface area contributed by atoms with Crippen molar-refractivity contribution in [1.29, 1.82) is 0 Å². The van der Waals surface area contributed by atoms with Crippen LogP contribution >= 0.6 is 22.7 Å². The van der Waals surface area contributed by atoms with E-state index in [0.29, 0.717) is 0 Å². The van der Waals surface area contributed by atoms with Crippen LogP contribution < -0.4 is 0 Å². The van der Waals surface area contributed by atoms with E-state index in [1.807, 2.05) is 22.2 Å². The minimum Gasteiger partial charge on any atom is -0.389 e. The SMILES string of the molecule is COCC(O)CN(C)C(=O)Cc1csc(-c2ccsc2)n1. The first-order valence-corrected chi connectivity index (χ1v) is 8.30. The van der Waals surface area contributed by atoms with Crippen LogP contribution in [0.5, 0.6) is 0 Å². The van der Waals surface area contributed by atoms with Gasteiger partial charge in [-0.3, -0.25) is 4.79 Å². The molecule has 7 heteroatoms. The second-order valence-corrected chi connectivity index (χ2v) is 6.35. The molecule has 0 spiro atoms. The molecule has 2 rings (SSSR count). The normalized spacial score (nSPS) is 12.3. The summed E-state index contributed by atoms with van der Waals surface area (Å²) in [7, 11) is 3.19. The van der Waals surface area contributed by atoms with Crippen LogP contribution in [0.3, 0.4) is 0 Å². The lowest BCUT2D eigenvalue weighted by molar-refractivity contribution is -0.130. The van der Waals surface area contributed by atoms with Gasteiger partial charge in [0.1, 0.15) is 5.01 Å². The second kappa shape index (κ2) is 7.65. The number of hydrogen-bond donors (Lipinski definition) is 1. The molecule has 2 aromatic rings. The first-order chi connectivity index (χ1) is 10.1. The van der Waals surface area contributed by atoms with Gasteiger partial charge in [-0.1, -0.05) is 0 Å². The quantitative estimate of drug-likeness (QED) is 0.844. The highest BCUT2D eigenvalue weighted by Crippen LogP contribution is 2.25. The Balaban J connectivity index is 1.90. The fraction of sp³-hybridized carbons (Fsp3) is 0.429. The first kappa shape index (κ1) is 16.1. The molecule has 0 saturated carbocycles. The fourth-order valence-corrected chi connectivity index (χ4v) is 3.39. The molecule has 1 N–H and O–H groups in total. The van der Waals surface area contributed by atoms with Crippen LogP contribution in [-0.2, 0) is 16.0 Å². The van der Waals surface area contributed by atoms with Crippen LogP contribution in [0.15, 0.2) is 22.2 Å². The van der Waals surface area contributed by atoms with E-state index in [1.165, 1.54) is 23.3 Å². The third-order valence-corrected chi connectivity index (χ3v) is 4.55. The number of rotatable bonds is 7. The summed E-state index contributed by atoms with van der Waals surface area (Å²) in [6, 6.07) is 2.02. The molecular weight excluding hydrogens is 308 g/mol. The molecule has 0 saturated heterocycles. The van der Waals surface area contributed by atoms with Crippen molar-refractivity contribution in [3.8, 4) is 10.6 Å². The summed E-state index contributed by atoms with van der Waals surface area (Å²) >= 11 is 3.16. The Morgan fingerprint density at radius 1 is 1.52 bits per heavy atom. The summed E-state index contributed by atoms with van der Waals surface area (Å²) in [5, 5.41) is 16.5. The number of aromatic nitrogens is 1. The number of likely N-dealkylation sites (N-methyl/N-ethyl adjacent to an activating group) is 1. The Bertz CT molecular complexity index is 569. The highest BCUT2D eigenvalue weighted by atomic mass is 32.1. The van der Waals surface area contributed by atoms with Gasteiger partial charge in [-0.2, -0.15) is 11.3 Å². The van der Waals surface area contributed by atoms with Crippen molar-refractivity contribution < 1.29 is 14.6 Å². The van der Waals surface area contributed by atoms with Crippen LogP contribution in [-0.4, -0.2) is 54.3 Å². The zero-order chi connectivity index (χ0) is 15.2. The molecular formula is C14H18N2O3S2. The number of nitrogens with zero attached hydrogens (tertiary/aromatic N) is 2. The van der Waals surface area contributed by atoms with Gasteiger partial charge in [-0.05, 0) is 11.4 Å². The van der Waals surface area contributed by atoms with E-state index in [1.54, 1.807) is 18.4 Å². The molecule has 1 amide bonds. The number of aliphatic hydroxyl groups excluding tert-OH is 1. The Hall–Kier alpha value is -1.28. The Morgan fingerprint density at radius 3 is 3.00 bits per heavy atom. The summed E-state index contributed by atoms with van der Waals surface area (Å²) in [5.74, 6) is -0.0627. The van der Waals surface area contributed by atoms with Crippen LogP contribution in [0.2, 0.25) is 0 Å². The third kappa shape index (κ3) is 4.60. The molecule has 21 heavy (non-hydrogen) atoms. The van der Waals surface area contributed by atoms with Crippen molar-refractivity contribution in [2.24, 2.45) is 0 Å². The van der Waals surface area contributed by atoms with Crippen LogP contribution in [0, 0.1) is 0 Å². The number of thiophene rings is 1. The Kier molecular flexibility index (Phi) is 5.86. The van der Waals surface area contributed by atoms with Crippen LogP contribution in [0.25, 0.3) is 10.6 Å². The van der Waals surface area contributed by atoms with Crippen molar-refractivity contribution in [2.75, 3.05) is 27.3 Å². The molecule has 2 aromatic heterocycles. The number of thiazole rings is 1. The van der Waals surface area contributed by atoms with Gasteiger partial charge in [-0.15, -0.1) is 11.3 Å². The van der Waals surface area contributed by atoms with E-state index in [4.69, 9.17) is 4.74 Å². The topological polar surface area (TPSA) is 62.7 Å². The summed E-state index contributed by atoms with van der Waals surface area (Å²) in [6.07, 6.45) is -0.419. The van der Waals surface area contributed by atoms with E-state index in [2.05, 4.69) is 4.98 Å². The molecule has 0 bridgehead atoms. The largest absolute Gasteiger partial charge is 0.389 e. The first-order valence-electron chi connectivity index (χ1n) is 6.48. The molecule has 0 radical (unpaired) electrons. The maximum absolute atomic E-state index is 12.1. The van der Waals surface area contributed by atoms with Gasteiger partial charge in [0.05, 0.1) is 24.8 Å². The van der Waals surface area contributed by atoms with Gasteiger partial charge in [0.25, 0.3) is 0 Å². The number of aliphatic hydroxyl groups is 1. The highest BCUT2D eigenvalue weighted by Gasteiger charge is 2.16. The zero-order valence-electron chi connectivity index (χ0n) is 12.0. The van der Waals surface area contributed by atoms with E-state index >= 15 is 0 Å². The van der Waals surface area contributed by atoms with Crippen molar-refractivity contribution in [3.05, 3.63) is 27.9 Å².